The number of phenols is 1. The van der Waals surface area contributed by atoms with Crippen LogP contribution in [0.15, 0.2) is 34.3 Å². The van der Waals surface area contributed by atoms with E-state index in [1.165, 1.54) is 11.3 Å². The Balaban J connectivity index is 1.46. The first-order valence-corrected chi connectivity index (χ1v) is 15.7. The van der Waals surface area contributed by atoms with Crippen molar-refractivity contribution in [2.24, 2.45) is 11.8 Å². The van der Waals surface area contributed by atoms with E-state index in [1.807, 2.05) is 26.8 Å². The summed E-state index contributed by atoms with van der Waals surface area (Å²) in [5.41, 5.74) is 2.17. The largest absolute Gasteiger partial charge is 0.508 e. The van der Waals surface area contributed by atoms with Crippen molar-refractivity contribution in [3.05, 3.63) is 46.8 Å². The van der Waals surface area contributed by atoms with Crippen molar-refractivity contribution in [3.63, 3.8) is 0 Å². The van der Waals surface area contributed by atoms with Crippen LogP contribution in [-0.2, 0) is 15.1 Å². The van der Waals surface area contributed by atoms with Crippen molar-refractivity contribution in [1.82, 2.24) is 26.1 Å². The topological polar surface area (TPSA) is 139 Å². The first-order valence-electron chi connectivity index (χ1n) is 14.8. The van der Waals surface area contributed by atoms with Gasteiger partial charge in [-0.15, -0.1) is 11.3 Å². The molecular weight excluding hydrogens is 554 g/mol. The number of thiazole rings is 1. The molecule has 1 unspecified atom stereocenters. The van der Waals surface area contributed by atoms with Crippen molar-refractivity contribution >= 4 is 23.0 Å². The van der Waals surface area contributed by atoms with Crippen LogP contribution in [0.25, 0.3) is 10.4 Å². The Labute approximate surface area is 250 Å². The molecule has 4 N–H and O–H groups in total. The number of aromatic nitrogens is 2. The maximum Gasteiger partial charge on any atom is 0.254 e. The molecule has 5 rings (SSSR count). The Hall–Kier alpha value is -3.28. The molecule has 1 aromatic carbocycles. The maximum atomic E-state index is 14.6. The fraction of sp³-hybridized carbons (Fsp3) is 0.548. The van der Waals surface area contributed by atoms with E-state index in [0.29, 0.717) is 36.1 Å². The zero-order valence-electron chi connectivity index (χ0n) is 24.7. The van der Waals surface area contributed by atoms with E-state index in [4.69, 9.17) is 9.26 Å². The van der Waals surface area contributed by atoms with E-state index in [0.717, 1.165) is 55.0 Å². The van der Waals surface area contributed by atoms with Gasteiger partial charge in [0.05, 0.1) is 34.6 Å². The monoisotopic (exact) mass is 595 g/mol. The van der Waals surface area contributed by atoms with E-state index in [9.17, 15) is 14.7 Å². The second-order valence-electron chi connectivity index (χ2n) is 11.9. The Morgan fingerprint density at radius 1 is 1.21 bits per heavy atom. The van der Waals surface area contributed by atoms with Gasteiger partial charge in [0.25, 0.3) is 5.88 Å². The minimum absolute atomic E-state index is 0.0816. The van der Waals surface area contributed by atoms with Crippen LogP contribution < -0.4 is 20.7 Å². The number of carbonyl (C=O) groups is 2. The SMILES string of the molecule is Cc1ncsc1-c1ccc([C@](C)(NC(=O)C2CCCN2)C(=O)[C@@H](c2cc(OCC3CCNCC3)no2)C(C)C)c(O)c1. The van der Waals surface area contributed by atoms with Gasteiger partial charge in [0, 0.05) is 11.6 Å². The number of amides is 1. The Morgan fingerprint density at radius 2 is 2.00 bits per heavy atom. The summed E-state index contributed by atoms with van der Waals surface area (Å²) in [5.74, 6) is -0.458. The highest BCUT2D eigenvalue weighted by Gasteiger charge is 2.46. The highest BCUT2D eigenvalue weighted by molar-refractivity contribution is 7.13. The number of ketones is 1. The third-order valence-electron chi connectivity index (χ3n) is 8.47. The van der Waals surface area contributed by atoms with E-state index in [2.05, 4.69) is 26.1 Å². The van der Waals surface area contributed by atoms with E-state index < -0.39 is 17.5 Å². The van der Waals surface area contributed by atoms with Crippen LogP contribution in [0.3, 0.4) is 0 Å². The number of Topliss-reactive ketones (excluding diaryl/α,β-unsaturated/α-hetero) is 1. The molecule has 2 aromatic heterocycles. The zero-order chi connectivity index (χ0) is 29.9. The molecule has 2 aliphatic rings. The molecule has 0 saturated carbocycles. The summed E-state index contributed by atoms with van der Waals surface area (Å²) >= 11 is 1.48. The Kier molecular flexibility index (Phi) is 9.29. The molecule has 1 amide bonds. The summed E-state index contributed by atoms with van der Waals surface area (Å²) in [4.78, 5) is 33.3. The van der Waals surface area contributed by atoms with Crippen LogP contribution in [0.2, 0.25) is 0 Å². The summed E-state index contributed by atoms with van der Waals surface area (Å²) in [6, 6.07) is 6.48. The molecule has 4 heterocycles. The van der Waals surface area contributed by atoms with Gasteiger partial charge in [-0.2, -0.15) is 0 Å². The molecule has 3 aromatic rings. The van der Waals surface area contributed by atoms with Crippen LogP contribution >= 0.6 is 11.3 Å². The van der Waals surface area contributed by atoms with E-state index in [-0.39, 0.29) is 23.4 Å². The minimum Gasteiger partial charge on any atom is -0.508 e. The lowest BCUT2D eigenvalue weighted by Crippen LogP contribution is -2.55. The van der Waals surface area contributed by atoms with Gasteiger partial charge in [-0.3, -0.25) is 9.59 Å². The van der Waals surface area contributed by atoms with Gasteiger partial charge in [-0.1, -0.05) is 26.0 Å². The molecule has 0 radical (unpaired) electrons. The van der Waals surface area contributed by atoms with Crippen molar-refractivity contribution in [3.8, 4) is 22.1 Å². The number of aromatic hydroxyl groups is 1. The molecule has 42 heavy (non-hydrogen) atoms. The number of nitrogens with zero attached hydrogens (tertiary/aromatic N) is 2. The average molecular weight is 596 g/mol. The summed E-state index contributed by atoms with van der Waals surface area (Å²) < 4.78 is 11.6. The number of aryl methyl sites for hydroxylation is 1. The molecule has 2 aliphatic heterocycles. The van der Waals surface area contributed by atoms with Gasteiger partial charge in [0.2, 0.25) is 5.91 Å². The van der Waals surface area contributed by atoms with E-state index in [1.54, 1.807) is 30.6 Å². The van der Waals surface area contributed by atoms with Crippen LogP contribution in [0.5, 0.6) is 11.6 Å². The summed E-state index contributed by atoms with van der Waals surface area (Å²) in [6.45, 7) is 10.7. The first-order chi connectivity index (χ1) is 20.2. The van der Waals surface area contributed by atoms with Crippen molar-refractivity contribution in [2.75, 3.05) is 26.2 Å². The van der Waals surface area contributed by atoms with Crippen molar-refractivity contribution in [2.45, 2.75) is 70.9 Å². The maximum absolute atomic E-state index is 14.6. The number of phenolic OH excluding ortho intramolecular Hbond substituents is 1. The predicted octanol–water partition coefficient (Wildman–Crippen LogP) is 4.28. The molecule has 0 aliphatic carbocycles. The molecule has 3 atom stereocenters. The second kappa shape index (κ2) is 12.9. The molecule has 10 nitrogen and oxygen atoms in total. The number of benzene rings is 1. The molecule has 226 valence electrons. The van der Waals surface area contributed by atoms with Crippen LogP contribution in [0.1, 0.15) is 69.4 Å². The normalized spacial score (nSPS) is 19.9. The van der Waals surface area contributed by atoms with Crippen LogP contribution in [0, 0.1) is 18.8 Å². The number of rotatable bonds is 11. The van der Waals surface area contributed by atoms with Gasteiger partial charge in [0.15, 0.2) is 11.5 Å². The lowest BCUT2D eigenvalue weighted by molar-refractivity contribution is -0.134. The molecule has 0 spiro atoms. The minimum atomic E-state index is -1.55. The smallest absolute Gasteiger partial charge is 0.254 e. The van der Waals surface area contributed by atoms with Crippen LogP contribution in [-0.4, -0.2) is 59.2 Å². The summed E-state index contributed by atoms with van der Waals surface area (Å²) in [7, 11) is 0. The van der Waals surface area contributed by atoms with Crippen molar-refractivity contribution < 1.29 is 24.0 Å². The lowest BCUT2D eigenvalue weighted by Gasteiger charge is -2.35. The standard InChI is InChI=1S/C31H41N5O5S/c1-18(2)27(25-15-26(36-41-25)40-16-20-9-12-32-13-10-20)29(38)31(4,35-30(39)23-6-5-11-33-23)22-8-7-21(14-24(22)37)28-19(3)34-17-42-28/h7-8,14-15,17-18,20,23,27,32-33,37H,5-6,9-13,16H2,1-4H3,(H,35,39)/t23?,27-,31+/m1/s1. The average Bonchev–Trinajstić information content (AvgIpc) is 3.75. The highest BCUT2D eigenvalue weighted by atomic mass is 32.1. The summed E-state index contributed by atoms with van der Waals surface area (Å²) in [6.07, 6.45) is 3.63. The third kappa shape index (κ3) is 6.38. The van der Waals surface area contributed by atoms with Crippen molar-refractivity contribution in [1.29, 1.82) is 0 Å². The number of nitrogens with one attached hydrogen (secondary N) is 3. The molecule has 11 heteroatoms. The van der Waals surface area contributed by atoms with Gasteiger partial charge in [-0.25, -0.2) is 4.98 Å². The molecular formula is C31H41N5O5S. The summed E-state index contributed by atoms with van der Waals surface area (Å²) in [5, 5.41) is 25.0. The fourth-order valence-electron chi connectivity index (χ4n) is 5.99. The quantitative estimate of drug-likeness (QED) is 0.256. The molecule has 2 saturated heterocycles. The zero-order valence-corrected chi connectivity index (χ0v) is 25.6. The number of piperidine rings is 1. The Bertz CT molecular complexity index is 1390. The van der Waals surface area contributed by atoms with Gasteiger partial charge < -0.3 is 30.3 Å². The molecule has 0 bridgehead atoms. The van der Waals surface area contributed by atoms with Crippen LogP contribution in [0.4, 0.5) is 0 Å². The van der Waals surface area contributed by atoms with Gasteiger partial charge >= 0.3 is 0 Å². The number of hydrogen-bond acceptors (Lipinski definition) is 10. The van der Waals surface area contributed by atoms with Gasteiger partial charge in [-0.05, 0) is 87.8 Å². The molecule has 2 fully saturated rings. The fourth-order valence-corrected chi connectivity index (χ4v) is 6.79. The Morgan fingerprint density at radius 3 is 2.64 bits per heavy atom. The second-order valence-corrected chi connectivity index (χ2v) is 12.8. The number of hydrogen-bond donors (Lipinski definition) is 4. The number of ether oxygens (including phenoxy) is 1. The third-order valence-corrected chi connectivity index (χ3v) is 9.45. The van der Waals surface area contributed by atoms with E-state index >= 15 is 0 Å². The first kappa shape index (κ1) is 30.2. The highest BCUT2D eigenvalue weighted by Crippen LogP contribution is 2.41. The van der Waals surface area contributed by atoms with Gasteiger partial charge in [0.1, 0.15) is 11.3 Å². The number of carbonyl (C=O) groups excluding carboxylic acids is 2. The lowest BCUT2D eigenvalue weighted by atomic mass is 9.75. The predicted molar refractivity (Wildman–Crippen MR) is 161 cm³/mol.